The Labute approximate surface area is 275 Å². The predicted molar refractivity (Wildman–Crippen MR) is 181 cm³/mol. The summed E-state index contributed by atoms with van der Waals surface area (Å²) in [6.45, 7) is 5.56. The topological polar surface area (TPSA) is 86.8 Å². The Morgan fingerprint density at radius 1 is 0.822 bits per heavy atom. The smallest absolute Gasteiger partial charge is 0.264 e. The molecule has 0 saturated carbocycles. The SMILES string of the molecule is Cc1c(Cl)cccc1N(CC(=O)N(Cc1cccc(Cl)c1)[C@H](Cc1ccccc1)C(=O)NCC(C)C)S(=O)(=O)c1ccccc1. The maximum atomic E-state index is 14.5. The maximum absolute atomic E-state index is 14.5. The van der Waals surface area contributed by atoms with Crippen molar-refractivity contribution in [1.82, 2.24) is 10.2 Å². The number of nitrogens with one attached hydrogen (secondary N) is 1. The fraction of sp³-hybridized carbons (Fsp3) is 0.257. The number of halogens is 2. The molecule has 0 radical (unpaired) electrons. The molecule has 0 heterocycles. The zero-order valence-electron chi connectivity index (χ0n) is 25.5. The molecule has 4 aromatic carbocycles. The van der Waals surface area contributed by atoms with Crippen LogP contribution < -0.4 is 9.62 Å². The van der Waals surface area contributed by atoms with Crippen LogP contribution in [0.4, 0.5) is 5.69 Å². The Kier molecular flexibility index (Phi) is 11.7. The van der Waals surface area contributed by atoms with Crippen molar-refractivity contribution in [2.75, 3.05) is 17.4 Å². The van der Waals surface area contributed by atoms with Gasteiger partial charge in [0.15, 0.2) is 0 Å². The minimum absolute atomic E-state index is 0.0223. The van der Waals surface area contributed by atoms with Gasteiger partial charge in [0.05, 0.1) is 10.6 Å². The summed E-state index contributed by atoms with van der Waals surface area (Å²) in [6.07, 6.45) is 0.221. The van der Waals surface area contributed by atoms with Crippen molar-refractivity contribution in [1.29, 1.82) is 0 Å². The van der Waals surface area contributed by atoms with Crippen molar-refractivity contribution in [3.63, 3.8) is 0 Å². The summed E-state index contributed by atoms with van der Waals surface area (Å²) in [6, 6.07) is 28.4. The van der Waals surface area contributed by atoms with E-state index in [2.05, 4.69) is 5.32 Å². The molecule has 0 unspecified atom stereocenters. The molecule has 236 valence electrons. The van der Waals surface area contributed by atoms with E-state index < -0.39 is 28.5 Å². The number of benzene rings is 4. The number of hydrogen-bond donors (Lipinski definition) is 1. The second-order valence-corrected chi connectivity index (χ2v) is 13.9. The molecule has 0 fully saturated rings. The number of carbonyl (C=O) groups excluding carboxylic acids is 2. The molecule has 4 aromatic rings. The quantitative estimate of drug-likeness (QED) is 0.168. The molecule has 0 bridgehead atoms. The fourth-order valence-corrected chi connectivity index (χ4v) is 6.78. The van der Waals surface area contributed by atoms with E-state index >= 15 is 0 Å². The first-order valence-corrected chi connectivity index (χ1v) is 16.9. The van der Waals surface area contributed by atoms with E-state index in [4.69, 9.17) is 23.2 Å². The molecule has 1 atom stereocenters. The number of nitrogens with zero attached hydrogens (tertiary/aromatic N) is 2. The first-order valence-electron chi connectivity index (χ1n) is 14.7. The first kappa shape index (κ1) is 34.0. The highest BCUT2D eigenvalue weighted by Gasteiger charge is 2.35. The normalized spacial score (nSPS) is 12.0. The van der Waals surface area contributed by atoms with Gasteiger partial charge in [-0.05, 0) is 65.9 Å². The van der Waals surface area contributed by atoms with E-state index in [9.17, 15) is 18.0 Å². The van der Waals surface area contributed by atoms with Crippen molar-refractivity contribution in [2.45, 2.75) is 44.7 Å². The lowest BCUT2D eigenvalue weighted by Gasteiger charge is -2.34. The Morgan fingerprint density at radius 3 is 2.09 bits per heavy atom. The van der Waals surface area contributed by atoms with Crippen LogP contribution in [0.15, 0.2) is 108 Å². The van der Waals surface area contributed by atoms with Gasteiger partial charge in [0.2, 0.25) is 11.8 Å². The van der Waals surface area contributed by atoms with E-state index in [1.54, 1.807) is 61.5 Å². The van der Waals surface area contributed by atoms with Gasteiger partial charge >= 0.3 is 0 Å². The maximum Gasteiger partial charge on any atom is 0.264 e. The van der Waals surface area contributed by atoms with E-state index in [-0.39, 0.29) is 35.4 Å². The number of hydrogen-bond acceptors (Lipinski definition) is 4. The van der Waals surface area contributed by atoms with Crippen molar-refractivity contribution >= 4 is 50.7 Å². The monoisotopic (exact) mass is 665 g/mol. The van der Waals surface area contributed by atoms with Gasteiger partial charge < -0.3 is 10.2 Å². The largest absolute Gasteiger partial charge is 0.354 e. The Hall–Kier alpha value is -3.85. The van der Waals surface area contributed by atoms with Gasteiger partial charge in [-0.3, -0.25) is 13.9 Å². The molecule has 4 rings (SSSR count). The summed E-state index contributed by atoms with van der Waals surface area (Å²) < 4.78 is 29.4. The van der Waals surface area contributed by atoms with E-state index in [0.29, 0.717) is 27.7 Å². The highest BCUT2D eigenvalue weighted by molar-refractivity contribution is 7.92. The minimum atomic E-state index is -4.22. The van der Waals surface area contributed by atoms with Crippen LogP contribution in [0.1, 0.15) is 30.5 Å². The summed E-state index contributed by atoms with van der Waals surface area (Å²) in [5.41, 5.74) is 2.32. The Bertz CT molecular complexity index is 1720. The molecule has 45 heavy (non-hydrogen) atoms. The van der Waals surface area contributed by atoms with Gasteiger partial charge in [-0.25, -0.2) is 8.42 Å². The van der Waals surface area contributed by atoms with Crippen LogP contribution >= 0.6 is 23.2 Å². The fourth-order valence-electron chi connectivity index (χ4n) is 4.91. The molecule has 0 aliphatic carbocycles. The van der Waals surface area contributed by atoms with Crippen LogP contribution in [0.25, 0.3) is 0 Å². The zero-order valence-corrected chi connectivity index (χ0v) is 27.8. The molecular weight excluding hydrogens is 629 g/mol. The van der Waals surface area contributed by atoms with Crippen LogP contribution in [0.5, 0.6) is 0 Å². The standard InChI is InChI=1S/C35H37Cl2N3O4S/c1-25(2)22-38-35(42)33(21-27-12-6-4-7-13-27)39(23-28-14-10-15-29(36)20-28)34(41)24-40(32-19-11-18-31(37)26(32)3)45(43,44)30-16-8-5-9-17-30/h4-20,25,33H,21-24H2,1-3H3,(H,38,42)/t33-/m1/s1. The van der Waals surface area contributed by atoms with Gasteiger partial charge in [-0.2, -0.15) is 0 Å². The van der Waals surface area contributed by atoms with Crippen LogP contribution in [0.3, 0.4) is 0 Å². The molecule has 10 heteroatoms. The van der Waals surface area contributed by atoms with Gasteiger partial charge in [0, 0.05) is 29.6 Å². The summed E-state index contributed by atoms with van der Waals surface area (Å²) in [5, 5.41) is 3.82. The molecule has 0 aliphatic heterocycles. The summed E-state index contributed by atoms with van der Waals surface area (Å²) in [5.74, 6) is -0.713. The molecule has 0 saturated heterocycles. The summed E-state index contributed by atoms with van der Waals surface area (Å²) >= 11 is 12.7. The van der Waals surface area contributed by atoms with Gasteiger partial charge in [0.25, 0.3) is 10.0 Å². The van der Waals surface area contributed by atoms with Crippen molar-refractivity contribution in [3.8, 4) is 0 Å². The van der Waals surface area contributed by atoms with Gasteiger partial charge in [-0.1, -0.05) is 104 Å². The average Bonchev–Trinajstić information content (AvgIpc) is 3.02. The number of amides is 2. The van der Waals surface area contributed by atoms with Crippen LogP contribution in [-0.2, 0) is 32.6 Å². The lowest BCUT2D eigenvalue weighted by Crippen LogP contribution is -2.53. The Morgan fingerprint density at radius 2 is 1.44 bits per heavy atom. The number of carbonyl (C=O) groups is 2. The second-order valence-electron chi connectivity index (χ2n) is 11.2. The third kappa shape index (κ3) is 8.87. The van der Waals surface area contributed by atoms with Gasteiger partial charge in [0.1, 0.15) is 12.6 Å². The molecule has 7 nitrogen and oxygen atoms in total. The number of sulfonamides is 1. The second kappa shape index (κ2) is 15.4. The first-order chi connectivity index (χ1) is 21.5. The van der Waals surface area contributed by atoms with Crippen molar-refractivity contribution in [3.05, 3.63) is 130 Å². The van der Waals surface area contributed by atoms with E-state index in [0.717, 1.165) is 9.87 Å². The molecule has 0 aromatic heterocycles. The number of rotatable bonds is 13. The van der Waals surface area contributed by atoms with Crippen LogP contribution in [0.2, 0.25) is 10.0 Å². The molecular formula is C35H37Cl2N3O4S. The van der Waals surface area contributed by atoms with Crippen LogP contribution in [0, 0.1) is 12.8 Å². The average molecular weight is 667 g/mol. The summed E-state index contributed by atoms with van der Waals surface area (Å²) in [7, 11) is -4.22. The highest BCUT2D eigenvalue weighted by atomic mass is 35.5. The number of anilines is 1. The molecule has 0 aliphatic rings. The molecule has 0 spiro atoms. The molecule has 2 amide bonds. The van der Waals surface area contributed by atoms with Gasteiger partial charge in [-0.15, -0.1) is 0 Å². The zero-order chi connectivity index (χ0) is 32.6. The van der Waals surface area contributed by atoms with E-state index in [1.165, 1.54) is 17.0 Å². The van der Waals surface area contributed by atoms with E-state index in [1.807, 2.05) is 50.2 Å². The van der Waals surface area contributed by atoms with Crippen molar-refractivity contribution in [2.24, 2.45) is 5.92 Å². The third-order valence-electron chi connectivity index (χ3n) is 7.32. The lowest BCUT2D eigenvalue weighted by molar-refractivity contribution is -0.140. The molecule has 1 N–H and O–H groups in total. The minimum Gasteiger partial charge on any atom is -0.354 e. The Balaban J connectivity index is 1.82. The third-order valence-corrected chi connectivity index (χ3v) is 9.73. The summed E-state index contributed by atoms with van der Waals surface area (Å²) in [4.78, 5) is 29.9. The predicted octanol–water partition coefficient (Wildman–Crippen LogP) is 6.91. The van der Waals surface area contributed by atoms with Crippen molar-refractivity contribution < 1.29 is 18.0 Å². The van der Waals surface area contributed by atoms with Crippen LogP contribution in [-0.4, -0.2) is 44.3 Å². The lowest BCUT2D eigenvalue weighted by atomic mass is 10.0. The highest BCUT2D eigenvalue weighted by Crippen LogP contribution is 2.31.